The van der Waals surface area contributed by atoms with Crippen molar-refractivity contribution in [3.8, 4) is 0 Å². The van der Waals surface area contributed by atoms with Crippen molar-refractivity contribution in [2.24, 2.45) is 0 Å². The van der Waals surface area contributed by atoms with Crippen LogP contribution in [0.15, 0.2) is 18.2 Å². The van der Waals surface area contributed by atoms with Crippen molar-refractivity contribution in [3.05, 3.63) is 24.3 Å². The van der Waals surface area contributed by atoms with Crippen LogP contribution < -0.4 is 0 Å². The topological polar surface area (TPSA) is 0 Å². The molecule has 1 rings (SSSR count). The van der Waals surface area contributed by atoms with Gasteiger partial charge in [0.2, 0.25) is 0 Å². The Morgan fingerprint density at radius 2 is 2.33 bits per heavy atom. The first-order valence-electron chi connectivity index (χ1n) is 1.72. The fourth-order valence-corrected chi connectivity index (χ4v) is 0.340. The molecule has 1 aliphatic rings. The molecule has 0 N–H and O–H groups in total. The Hall–Kier alpha value is -0.0265. The Balaban J connectivity index is 0.000000250. The van der Waals surface area contributed by atoms with Gasteiger partial charge in [-0.2, -0.15) is 6.08 Å². The molecule has 0 unspecified atom stereocenters. The molecule has 0 fully saturated rings. The fraction of sp³-hybridized carbons (Fsp3) is 0.200. The molecule has 0 aromatic carbocycles. The average molecular weight is 124 g/mol. The molecular formula is C5H5Ni-. The predicted molar refractivity (Wildman–Crippen MR) is 21.6 cm³/mol. The third kappa shape index (κ3) is 1.42. The van der Waals surface area contributed by atoms with E-state index in [1.165, 1.54) is 0 Å². The molecule has 0 aliphatic heterocycles. The SMILES string of the molecule is [C-]1=CC=CC1.[Ni]. The molecule has 0 amide bonds. The molecule has 1 aliphatic carbocycles. The first-order valence-corrected chi connectivity index (χ1v) is 1.72. The van der Waals surface area contributed by atoms with Crippen LogP contribution in [-0.2, 0) is 16.5 Å². The van der Waals surface area contributed by atoms with Crippen molar-refractivity contribution in [1.82, 2.24) is 0 Å². The van der Waals surface area contributed by atoms with Crippen molar-refractivity contribution < 1.29 is 16.5 Å². The van der Waals surface area contributed by atoms with Crippen LogP contribution in [0.4, 0.5) is 0 Å². The molecule has 0 nitrogen and oxygen atoms in total. The van der Waals surface area contributed by atoms with E-state index in [-0.39, 0.29) is 16.5 Å². The summed E-state index contributed by atoms with van der Waals surface area (Å²) in [6, 6.07) is 0. The molecule has 0 bridgehead atoms. The van der Waals surface area contributed by atoms with E-state index in [4.69, 9.17) is 0 Å². The van der Waals surface area contributed by atoms with Gasteiger partial charge in [-0.1, -0.05) is 0 Å². The number of hydrogen-bond donors (Lipinski definition) is 0. The van der Waals surface area contributed by atoms with Crippen LogP contribution >= 0.6 is 0 Å². The molecule has 0 aromatic rings. The second-order valence-corrected chi connectivity index (χ2v) is 1.00. The van der Waals surface area contributed by atoms with Gasteiger partial charge in [0.15, 0.2) is 0 Å². The van der Waals surface area contributed by atoms with E-state index in [0.29, 0.717) is 0 Å². The Morgan fingerprint density at radius 1 is 1.50 bits per heavy atom. The average Bonchev–Trinajstić information content (AvgIpc) is 1.76. The summed E-state index contributed by atoms with van der Waals surface area (Å²) >= 11 is 0. The predicted octanol–water partition coefficient (Wildman–Crippen LogP) is 1.30. The minimum Gasteiger partial charge on any atom is -0.273 e. The largest absolute Gasteiger partial charge is 0.273 e. The van der Waals surface area contributed by atoms with Crippen molar-refractivity contribution in [1.29, 1.82) is 0 Å². The maximum absolute atomic E-state index is 2.99. The van der Waals surface area contributed by atoms with E-state index < -0.39 is 0 Å². The molecule has 0 heterocycles. The van der Waals surface area contributed by atoms with Gasteiger partial charge in [-0.25, -0.2) is 12.2 Å². The minimum absolute atomic E-state index is 0. The molecule has 0 saturated heterocycles. The Kier molecular flexibility index (Phi) is 3.16. The molecule has 6 heavy (non-hydrogen) atoms. The van der Waals surface area contributed by atoms with Gasteiger partial charge in [0.1, 0.15) is 0 Å². The van der Waals surface area contributed by atoms with Gasteiger partial charge in [-0.15, -0.1) is 6.42 Å². The summed E-state index contributed by atoms with van der Waals surface area (Å²) in [5, 5.41) is 0. The van der Waals surface area contributed by atoms with Crippen LogP contribution in [0.3, 0.4) is 0 Å². The van der Waals surface area contributed by atoms with Gasteiger partial charge in [-0.05, 0) is 0 Å². The quantitative estimate of drug-likeness (QED) is 0.337. The molecule has 1 heteroatoms. The minimum atomic E-state index is 0. The van der Waals surface area contributed by atoms with E-state index in [1.54, 1.807) is 0 Å². The molecule has 0 spiro atoms. The molecule has 36 valence electrons. The first-order chi connectivity index (χ1) is 2.50. The second kappa shape index (κ2) is 3.17. The van der Waals surface area contributed by atoms with Gasteiger partial charge in [0, 0.05) is 16.5 Å². The molecule has 0 radical (unpaired) electrons. The Morgan fingerprint density at radius 3 is 2.50 bits per heavy atom. The first kappa shape index (κ1) is 5.97. The molecular weight excluding hydrogens is 119 g/mol. The third-order valence-electron chi connectivity index (χ3n) is 0.586. The van der Waals surface area contributed by atoms with E-state index >= 15 is 0 Å². The van der Waals surface area contributed by atoms with Gasteiger partial charge < -0.3 is 0 Å². The van der Waals surface area contributed by atoms with Crippen LogP contribution in [0.2, 0.25) is 0 Å². The second-order valence-electron chi connectivity index (χ2n) is 1.00. The van der Waals surface area contributed by atoms with Crippen LogP contribution in [0.1, 0.15) is 6.42 Å². The number of hydrogen-bond acceptors (Lipinski definition) is 0. The standard InChI is InChI=1S/C5H5.Ni/c1-2-4-5-3-1;/h1-3H,4H2;/q-1;. The van der Waals surface area contributed by atoms with Gasteiger partial charge in [0.05, 0.1) is 0 Å². The van der Waals surface area contributed by atoms with Crippen LogP contribution in [0, 0.1) is 6.08 Å². The van der Waals surface area contributed by atoms with E-state index in [2.05, 4.69) is 12.2 Å². The summed E-state index contributed by atoms with van der Waals surface area (Å²) in [6.07, 6.45) is 10.0. The summed E-state index contributed by atoms with van der Waals surface area (Å²) in [5.41, 5.74) is 0. The fourth-order valence-electron chi connectivity index (χ4n) is 0.340. The normalized spacial score (nSPS) is 14.7. The summed E-state index contributed by atoms with van der Waals surface area (Å²) in [7, 11) is 0. The third-order valence-corrected chi connectivity index (χ3v) is 0.586. The zero-order valence-corrected chi connectivity index (χ0v) is 4.24. The maximum Gasteiger partial charge on any atom is 0 e. The summed E-state index contributed by atoms with van der Waals surface area (Å²) in [5.74, 6) is 0. The van der Waals surface area contributed by atoms with Crippen molar-refractivity contribution >= 4 is 0 Å². The number of rotatable bonds is 0. The molecule has 0 aromatic heterocycles. The van der Waals surface area contributed by atoms with E-state index in [0.717, 1.165) is 6.42 Å². The van der Waals surface area contributed by atoms with Crippen molar-refractivity contribution in [3.63, 3.8) is 0 Å². The van der Waals surface area contributed by atoms with E-state index in [9.17, 15) is 0 Å². The smallest absolute Gasteiger partial charge is 0 e. The zero-order valence-electron chi connectivity index (χ0n) is 3.26. The van der Waals surface area contributed by atoms with Crippen LogP contribution in [0.5, 0.6) is 0 Å². The summed E-state index contributed by atoms with van der Waals surface area (Å²) < 4.78 is 0. The molecule has 0 saturated carbocycles. The Labute approximate surface area is 47.9 Å². The van der Waals surface area contributed by atoms with Crippen LogP contribution in [0.25, 0.3) is 0 Å². The summed E-state index contributed by atoms with van der Waals surface area (Å²) in [4.78, 5) is 0. The van der Waals surface area contributed by atoms with Gasteiger partial charge >= 0.3 is 0 Å². The number of allylic oxidation sites excluding steroid dienone is 4. The van der Waals surface area contributed by atoms with Gasteiger partial charge in [-0.3, -0.25) is 6.08 Å². The zero-order chi connectivity index (χ0) is 3.54. The molecule has 0 atom stereocenters. The monoisotopic (exact) mass is 123 g/mol. The Bertz CT molecular complexity index is 62.0. The van der Waals surface area contributed by atoms with Crippen molar-refractivity contribution in [2.45, 2.75) is 6.42 Å². The summed E-state index contributed by atoms with van der Waals surface area (Å²) in [6.45, 7) is 0. The van der Waals surface area contributed by atoms with Gasteiger partial charge in [0.25, 0.3) is 0 Å². The van der Waals surface area contributed by atoms with Crippen molar-refractivity contribution in [2.75, 3.05) is 0 Å². The maximum atomic E-state index is 2.99. The van der Waals surface area contributed by atoms with Crippen LogP contribution in [-0.4, -0.2) is 0 Å². The van der Waals surface area contributed by atoms with E-state index in [1.807, 2.05) is 12.2 Å².